The number of unbranched alkanes of at least 4 members (excludes halogenated alkanes) is 36. The fraction of sp³-hybridized carbons (Fsp3) is 0.750. The highest BCUT2D eigenvalue weighted by Gasteiger charge is 2.00. The maximum absolute atomic E-state index is 4.69. The van der Waals surface area contributed by atoms with Gasteiger partial charge in [-0.3, -0.25) is 9.98 Å². The van der Waals surface area contributed by atoms with Crippen molar-refractivity contribution in [3.05, 3.63) is 59.7 Å². The first-order chi connectivity index (χ1) is 28.8. The molecule has 0 spiro atoms. The Balaban J connectivity index is 1.41. The van der Waals surface area contributed by atoms with E-state index in [4.69, 9.17) is 9.98 Å². The second-order valence-electron chi connectivity index (χ2n) is 18.1. The van der Waals surface area contributed by atoms with Crippen molar-refractivity contribution in [3.63, 3.8) is 0 Å². The largest absolute Gasteiger partial charge is 0.255 e. The van der Waals surface area contributed by atoms with Crippen LogP contribution in [0, 0.1) is 0 Å². The first kappa shape index (κ1) is 51.9. The van der Waals surface area contributed by atoms with Crippen LogP contribution < -0.4 is 0 Å². The average molecular weight is 797 g/mol. The van der Waals surface area contributed by atoms with Gasteiger partial charge in [0.05, 0.1) is 11.4 Å². The molecular formula is C56H96N2. The minimum absolute atomic E-state index is 1.03. The summed E-state index contributed by atoms with van der Waals surface area (Å²) in [5.74, 6) is 0. The van der Waals surface area contributed by atoms with Crippen molar-refractivity contribution in [2.75, 3.05) is 0 Å². The van der Waals surface area contributed by atoms with E-state index in [1.165, 1.54) is 255 Å². The van der Waals surface area contributed by atoms with Gasteiger partial charge >= 0.3 is 0 Å². The summed E-state index contributed by atoms with van der Waals surface area (Å²) in [6, 6.07) is 17.5. The SMILES string of the molecule is CCCCCCCCCCCCCCCCCCCCCc1cccc(N=CC=Nc2cccc(CCCCCCCCCCCCCCCCCCCCC)c2)c1. The highest BCUT2D eigenvalue weighted by Crippen LogP contribution is 2.20. The van der Waals surface area contributed by atoms with Gasteiger partial charge < -0.3 is 0 Å². The molecule has 0 N–H and O–H groups in total. The molecule has 0 saturated carbocycles. The minimum Gasteiger partial charge on any atom is -0.255 e. The van der Waals surface area contributed by atoms with Gasteiger partial charge in [-0.25, -0.2) is 0 Å². The predicted octanol–water partition coefficient (Wildman–Crippen LogP) is 19.7. The van der Waals surface area contributed by atoms with E-state index in [0.717, 1.165) is 24.2 Å². The Hall–Kier alpha value is -2.22. The monoisotopic (exact) mass is 797 g/mol. The lowest BCUT2D eigenvalue weighted by Gasteiger charge is -2.05. The number of nitrogens with zero attached hydrogens (tertiary/aromatic N) is 2. The Morgan fingerprint density at radius 3 is 0.759 bits per heavy atom. The normalized spacial score (nSPS) is 11.8. The van der Waals surface area contributed by atoms with Gasteiger partial charge in [-0.2, -0.15) is 0 Å². The van der Waals surface area contributed by atoms with Crippen LogP contribution in [-0.2, 0) is 12.8 Å². The van der Waals surface area contributed by atoms with Crippen molar-refractivity contribution < 1.29 is 0 Å². The van der Waals surface area contributed by atoms with Gasteiger partial charge in [0.15, 0.2) is 0 Å². The van der Waals surface area contributed by atoms with E-state index in [-0.39, 0.29) is 0 Å². The second kappa shape index (κ2) is 41.5. The molecule has 0 aromatic heterocycles. The summed E-state index contributed by atoms with van der Waals surface area (Å²) in [6.45, 7) is 4.61. The molecule has 0 bridgehead atoms. The maximum Gasteiger partial charge on any atom is 0.0633 e. The molecule has 0 aliphatic carbocycles. The Labute approximate surface area is 362 Å². The average Bonchev–Trinajstić information content (AvgIpc) is 3.24. The van der Waals surface area contributed by atoms with Crippen LogP contribution in [0.3, 0.4) is 0 Å². The van der Waals surface area contributed by atoms with Crippen LogP contribution in [-0.4, -0.2) is 12.4 Å². The van der Waals surface area contributed by atoms with Crippen LogP contribution in [0.2, 0.25) is 0 Å². The molecule has 0 unspecified atom stereocenters. The molecule has 2 aromatic rings. The standard InChI is InChI=1S/C56H96N2/c1-3-5-7-9-11-13-15-17-19-21-23-25-27-29-31-33-35-37-39-43-53-45-41-47-55(51-53)57-49-50-58-56-48-42-46-54(52-56)44-40-38-36-34-32-30-28-26-24-22-20-18-16-14-12-10-8-6-4-2/h41-42,45-52H,3-40,43-44H2,1-2H3. The Morgan fingerprint density at radius 2 is 0.517 bits per heavy atom. The minimum atomic E-state index is 1.03. The Morgan fingerprint density at radius 1 is 0.293 bits per heavy atom. The molecule has 0 saturated heterocycles. The van der Waals surface area contributed by atoms with Crippen LogP contribution in [0.15, 0.2) is 58.5 Å². The molecule has 2 nitrogen and oxygen atoms in total. The van der Waals surface area contributed by atoms with Crippen LogP contribution in [0.1, 0.15) is 269 Å². The maximum atomic E-state index is 4.69. The third-order valence-corrected chi connectivity index (χ3v) is 12.5. The molecule has 0 amide bonds. The van der Waals surface area contributed by atoms with Crippen molar-refractivity contribution in [1.29, 1.82) is 0 Å². The summed E-state index contributed by atoms with van der Waals surface area (Å²) in [7, 11) is 0. The zero-order valence-corrected chi connectivity index (χ0v) is 39.0. The third-order valence-electron chi connectivity index (χ3n) is 12.5. The van der Waals surface area contributed by atoms with Gasteiger partial charge in [-0.15, -0.1) is 0 Å². The van der Waals surface area contributed by atoms with E-state index in [1.54, 1.807) is 0 Å². The Bertz CT molecular complexity index is 1100. The molecule has 0 heterocycles. The molecule has 0 atom stereocenters. The molecule has 2 heteroatoms. The van der Waals surface area contributed by atoms with Crippen molar-refractivity contribution in [2.45, 2.75) is 271 Å². The van der Waals surface area contributed by atoms with E-state index in [9.17, 15) is 0 Å². The number of aryl methyl sites for hydroxylation is 2. The summed E-state index contributed by atoms with van der Waals surface area (Å²) in [4.78, 5) is 9.39. The summed E-state index contributed by atoms with van der Waals surface area (Å²) in [6.07, 6.45) is 60.3. The number of rotatable bonds is 43. The lowest BCUT2D eigenvalue weighted by atomic mass is 10.0. The van der Waals surface area contributed by atoms with Gasteiger partial charge in [-0.1, -0.05) is 269 Å². The van der Waals surface area contributed by atoms with Crippen LogP contribution >= 0.6 is 0 Å². The summed E-state index contributed by atoms with van der Waals surface area (Å²) < 4.78 is 0. The highest BCUT2D eigenvalue weighted by molar-refractivity contribution is 6.17. The van der Waals surface area contributed by atoms with E-state index in [2.05, 4.69) is 62.4 Å². The molecule has 2 rings (SSSR count). The third kappa shape index (κ3) is 33.6. The lowest BCUT2D eigenvalue weighted by Crippen LogP contribution is -1.87. The smallest absolute Gasteiger partial charge is 0.0633 e. The quantitative estimate of drug-likeness (QED) is 0.0472. The van der Waals surface area contributed by atoms with Crippen LogP contribution in [0.4, 0.5) is 11.4 Å². The first-order valence-electron chi connectivity index (χ1n) is 26.1. The molecule has 0 aliphatic heterocycles. The van der Waals surface area contributed by atoms with Crippen molar-refractivity contribution in [1.82, 2.24) is 0 Å². The van der Waals surface area contributed by atoms with E-state index < -0.39 is 0 Å². The molecular weight excluding hydrogens is 701 g/mol. The topological polar surface area (TPSA) is 24.7 Å². The number of hydrogen-bond donors (Lipinski definition) is 0. The highest BCUT2D eigenvalue weighted by atomic mass is 14.8. The predicted molar refractivity (Wildman–Crippen MR) is 263 cm³/mol. The van der Waals surface area contributed by atoms with Gasteiger partial charge in [0.25, 0.3) is 0 Å². The fourth-order valence-electron chi connectivity index (χ4n) is 8.64. The second-order valence-corrected chi connectivity index (χ2v) is 18.1. The zero-order chi connectivity index (χ0) is 41.1. The fourth-order valence-corrected chi connectivity index (χ4v) is 8.64. The Kier molecular flexibility index (Phi) is 37.2. The number of hydrogen-bond acceptors (Lipinski definition) is 2. The number of benzene rings is 2. The van der Waals surface area contributed by atoms with E-state index >= 15 is 0 Å². The summed E-state index contributed by atoms with van der Waals surface area (Å²) in [5.41, 5.74) is 4.86. The summed E-state index contributed by atoms with van der Waals surface area (Å²) >= 11 is 0. The zero-order valence-electron chi connectivity index (χ0n) is 39.0. The number of aliphatic imine (C=N–C) groups is 2. The molecule has 0 aliphatic rings. The molecule has 0 fully saturated rings. The van der Waals surface area contributed by atoms with Gasteiger partial charge in [0, 0.05) is 12.4 Å². The van der Waals surface area contributed by atoms with E-state index in [0.29, 0.717) is 0 Å². The molecule has 330 valence electrons. The van der Waals surface area contributed by atoms with Crippen LogP contribution in [0.25, 0.3) is 0 Å². The lowest BCUT2D eigenvalue weighted by molar-refractivity contribution is 0.523. The van der Waals surface area contributed by atoms with Gasteiger partial charge in [-0.05, 0) is 61.1 Å². The van der Waals surface area contributed by atoms with Gasteiger partial charge in [0.2, 0.25) is 0 Å². The molecule has 0 radical (unpaired) electrons. The van der Waals surface area contributed by atoms with Crippen molar-refractivity contribution >= 4 is 23.8 Å². The summed E-state index contributed by atoms with van der Waals surface area (Å²) in [5, 5.41) is 0. The van der Waals surface area contributed by atoms with Gasteiger partial charge in [0.1, 0.15) is 0 Å². The van der Waals surface area contributed by atoms with E-state index in [1.807, 2.05) is 12.4 Å². The molecule has 58 heavy (non-hydrogen) atoms. The van der Waals surface area contributed by atoms with Crippen molar-refractivity contribution in [2.24, 2.45) is 9.98 Å². The molecule has 2 aromatic carbocycles. The van der Waals surface area contributed by atoms with Crippen LogP contribution in [0.5, 0.6) is 0 Å². The first-order valence-corrected chi connectivity index (χ1v) is 26.1. The van der Waals surface area contributed by atoms with Crippen molar-refractivity contribution in [3.8, 4) is 0 Å².